The minimum atomic E-state index is -0.294. The number of carbonyl (C=O) groups is 1. The summed E-state index contributed by atoms with van der Waals surface area (Å²) in [6, 6.07) is 7.70. The Labute approximate surface area is 111 Å². The highest BCUT2D eigenvalue weighted by Crippen LogP contribution is 2.12. The summed E-state index contributed by atoms with van der Waals surface area (Å²) in [5, 5.41) is 3.60. The van der Waals surface area contributed by atoms with Crippen LogP contribution in [-0.2, 0) is 14.9 Å². The Hall–Kier alpha value is -0.870. The number of ether oxygens (including phenoxy) is 1. The molecule has 0 saturated carbocycles. The molecule has 0 heterocycles. The lowest BCUT2D eigenvalue weighted by Crippen LogP contribution is -2.27. The summed E-state index contributed by atoms with van der Waals surface area (Å²) < 4.78 is 5.39. The maximum Gasteiger partial charge on any atom is 0.250 e. The Kier molecular flexibility index (Phi) is 5.15. The van der Waals surface area contributed by atoms with Gasteiger partial charge in [0.25, 0.3) is 0 Å². The number of nitrogens with one attached hydrogen (secondary N) is 1. The molecule has 0 bridgehead atoms. The van der Waals surface area contributed by atoms with Crippen LogP contribution >= 0.6 is 15.9 Å². The van der Waals surface area contributed by atoms with Gasteiger partial charge in [-0.3, -0.25) is 4.79 Å². The second-order valence-electron chi connectivity index (χ2n) is 4.78. The first-order valence-electron chi connectivity index (χ1n) is 5.49. The van der Waals surface area contributed by atoms with Crippen LogP contribution in [0.15, 0.2) is 24.3 Å². The van der Waals surface area contributed by atoms with Crippen LogP contribution in [-0.4, -0.2) is 18.1 Å². The summed E-state index contributed by atoms with van der Waals surface area (Å²) in [5.41, 5.74) is 1.67. The smallest absolute Gasteiger partial charge is 0.250 e. The molecule has 0 atom stereocenters. The van der Waals surface area contributed by atoms with Crippen molar-refractivity contribution in [2.24, 2.45) is 0 Å². The van der Waals surface area contributed by atoms with Gasteiger partial charge >= 0.3 is 0 Å². The van der Waals surface area contributed by atoms with Gasteiger partial charge in [-0.15, -0.1) is 0 Å². The van der Waals surface area contributed by atoms with Gasteiger partial charge in [0, 0.05) is 11.0 Å². The summed E-state index contributed by atoms with van der Waals surface area (Å²) >= 11 is 3.37. The largest absolute Gasteiger partial charge is 0.366 e. The molecule has 0 aromatic heterocycles. The highest BCUT2D eigenvalue weighted by molar-refractivity contribution is 9.08. The average Bonchev–Trinajstić information content (AvgIpc) is 2.27. The molecule has 0 spiro atoms. The van der Waals surface area contributed by atoms with E-state index in [4.69, 9.17) is 4.74 Å². The molecule has 1 amide bonds. The van der Waals surface area contributed by atoms with E-state index in [9.17, 15) is 4.79 Å². The number of hydrogen-bond acceptors (Lipinski definition) is 2. The lowest BCUT2D eigenvalue weighted by molar-refractivity contribution is -0.125. The van der Waals surface area contributed by atoms with Gasteiger partial charge in [0.15, 0.2) is 0 Å². The summed E-state index contributed by atoms with van der Waals surface area (Å²) in [6.45, 7) is 5.84. The number of hydrogen-bond donors (Lipinski definition) is 1. The number of benzene rings is 1. The fraction of sp³-hybridized carbons (Fsp3) is 0.462. The third-order valence-corrected chi connectivity index (χ3v) is 2.68. The van der Waals surface area contributed by atoms with Gasteiger partial charge in [-0.1, -0.05) is 28.1 Å². The monoisotopic (exact) mass is 299 g/mol. The van der Waals surface area contributed by atoms with Crippen LogP contribution in [0.4, 0.5) is 5.69 Å². The number of halogens is 1. The van der Waals surface area contributed by atoms with Crippen molar-refractivity contribution in [1.82, 2.24) is 0 Å². The normalized spacial score (nSPS) is 11.3. The van der Waals surface area contributed by atoms with E-state index in [0.29, 0.717) is 0 Å². The zero-order valence-electron chi connectivity index (χ0n) is 10.4. The van der Waals surface area contributed by atoms with Crippen molar-refractivity contribution < 1.29 is 9.53 Å². The molecular formula is C13H18BrNO2. The SMILES string of the molecule is CC(C)(C)OCC(=O)Nc1ccc(CBr)cc1. The van der Waals surface area contributed by atoms with Crippen molar-refractivity contribution in [2.75, 3.05) is 11.9 Å². The molecule has 0 unspecified atom stereocenters. The van der Waals surface area contributed by atoms with Crippen molar-refractivity contribution in [1.29, 1.82) is 0 Å². The Bertz CT molecular complexity index is 368. The maximum absolute atomic E-state index is 11.6. The van der Waals surface area contributed by atoms with Gasteiger partial charge in [-0.05, 0) is 38.5 Å². The zero-order chi connectivity index (χ0) is 12.9. The number of anilines is 1. The first-order valence-corrected chi connectivity index (χ1v) is 6.61. The van der Waals surface area contributed by atoms with Crippen LogP contribution in [0.3, 0.4) is 0 Å². The predicted octanol–water partition coefficient (Wildman–Crippen LogP) is 3.34. The van der Waals surface area contributed by atoms with Crippen LogP contribution in [0.5, 0.6) is 0 Å². The first kappa shape index (κ1) is 14.2. The van der Waals surface area contributed by atoms with E-state index < -0.39 is 0 Å². The Morgan fingerprint density at radius 3 is 2.35 bits per heavy atom. The molecule has 4 heteroatoms. The predicted molar refractivity (Wildman–Crippen MR) is 73.4 cm³/mol. The lowest BCUT2D eigenvalue weighted by Gasteiger charge is -2.19. The molecule has 0 fully saturated rings. The first-order chi connectivity index (χ1) is 7.90. The van der Waals surface area contributed by atoms with Gasteiger partial charge in [-0.25, -0.2) is 0 Å². The van der Waals surface area contributed by atoms with E-state index in [1.807, 2.05) is 45.0 Å². The Balaban J connectivity index is 2.45. The molecule has 0 saturated heterocycles. The maximum atomic E-state index is 11.6. The van der Waals surface area contributed by atoms with Crippen LogP contribution in [0, 0.1) is 0 Å². The van der Waals surface area contributed by atoms with Crippen LogP contribution in [0.25, 0.3) is 0 Å². The van der Waals surface area contributed by atoms with E-state index in [1.165, 1.54) is 5.56 Å². The fourth-order valence-corrected chi connectivity index (χ4v) is 1.53. The Morgan fingerprint density at radius 1 is 1.29 bits per heavy atom. The van der Waals surface area contributed by atoms with Crippen LogP contribution in [0.2, 0.25) is 0 Å². The van der Waals surface area contributed by atoms with Crippen molar-refractivity contribution in [3.05, 3.63) is 29.8 Å². The highest BCUT2D eigenvalue weighted by Gasteiger charge is 2.12. The van der Waals surface area contributed by atoms with E-state index in [1.54, 1.807) is 0 Å². The van der Waals surface area contributed by atoms with E-state index in [-0.39, 0.29) is 18.1 Å². The molecule has 1 N–H and O–H groups in total. The number of alkyl halides is 1. The van der Waals surface area contributed by atoms with Crippen molar-refractivity contribution in [3.8, 4) is 0 Å². The molecular weight excluding hydrogens is 282 g/mol. The molecule has 3 nitrogen and oxygen atoms in total. The molecule has 1 aromatic rings. The zero-order valence-corrected chi connectivity index (χ0v) is 12.0. The number of rotatable bonds is 4. The average molecular weight is 300 g/mol. The van der Waals surface area contributed by atoms with Gasteiger partial charge in [0.1, 0.15) is 6.61 Å². The van der Waals surface area contributed by atoms with Gasteiger partial charge in [-0.2, -0.15) is 0 Å². The topological polar surface area (TPSA) is 38.3 Å². The highest BCUT2D eigenvalue weighted by atomic mass is 79.9. The summed E-state index contributed by atoms with van der Waals surface area (Å²) in [4.78, 5) is 11.6. The lowest BCUT2D eigenvalue weighted by atomic mass is 10.2. The molecule has 0 radical (unpaired) electrons. The standard InChI is InChI=1S/C13H18BrNO2/c1-13(2,3)17-9-12(16)15-11-6-4-10(8-14)5-7-11/h4-7H,8-9H2,1-3H3,(H,15,16). The third-order valence-electron chi connectivity index (χ3n) is 2.03. The van der Waals surface area contributed by atoms with Crippen molar-refractivity contribution in [3.63, 3.8) is 0 Å². The second-order valence-corrected chi connectivity index (χ2v) is 5.34. The molecule has 94 valence electrons. The van der Waals surface area contributed by atoms with Gasteiger partial charge < -0.3 is 10.1 Å². The van der Waals surface area contributed by atoms with Crippen LogP contribution in [0.1, 0.15) is 26.3 Å². The van der Waals surface area contributed by atoms with E-state index in [0.717, 1.165) is 11.0 Å². The van der Waals surface area contributed by atoms with Gasteiger partial charge in [0.05, 0.1) is 5.60 Å². The quantitative estimate of drug-likeness (QED) is 0.866. The number of amides is 1. The molecule has 0 aliphatic carbocycles. The van der Waals surface area contributed by atoms with E-state index in [2.05, 4.69) is 21.2 Å². The minimum absolute atomic E-state index is 0.0731. The third kappa shape index (κ3) is 5.84. The van der Waals surface area contributed by atoms with E-state index >= 15 is 0 Å². The fourth-order valence-electron chi connectivity index (χ4n) is 1.16. The van der Waals surface area contributed by atoms with Crippen LogP contribution < -0.4 is 5.32 Å². The summed E-state index contributed by atoms with van der Waals surface area (Å²) in [7, 11) is 0. The molecule has 0 aliphatic heterocycles. The minimum Gasteiger partial charge on any atom is -0.366 e. The van der Waals surface area contributed by atoms with Crippen molar-refractivity contribution >= 4 is 27.5 Å². The molecule has 1 rings (SSSR count). The molecule has 0 aliphatic rings. The second kappa shape index (κ2) is 6.17. The molecule has 1 aromatic carbocycles. The Morgan fingerprint density at radius 2 is 1.88 bits per heavy atom. The summed E-state index contributed by atoms with van der Waals surface area (Å²) in [6.07, 6.45) is 0. The summed E-state index contributed by atoms with van der Waals surface area (Å²) in [5.74, 6) is -0.133. The number of carbonyl (C=O) groups excluding carboxylic acids is 1. The van der Waals surface area contributed by atoms with Gasteiger partial charge in [0.2, 0.25) is 5.91 Å². The molecule has 17 heavy (non-hydrogen) atoms. The van der Waals surface area contributed by atoms with Crippen molar-refractivity contribution in [2.45, 2.75) is 31.7 Å².